The smallest absolute Gasteiger partial charge is 0.174 e. The highest BCUT2D eigenvalue weighted by Gasteiger charge is 2.42. The number of aromatic nitrogens is 2. The Labute approximate surface area is 223 Å². The number of thiocarbonyl (C=S) groups is 1. The van der Waals surface area contributed by atoms with Crippen molar-refractivity contribution < 1.29 is 4.74 Å². The number of hydrogen-bond donors (Lipinski definition) is 1. The minimum absolute atomic E-state index is 0.131. The lowest BCUT2D eigenvalue weighted by Gasteiger charge is -2.28. The first-order valence-electron chi connectivity index (χ1n) is 11.2. The molecule has 0 saturated carbocycles. The van der Waals surface area contributed by atoms with Crippen molar-refractivity contribution >= 4 is 50.5 Å². The number of aryl methyl sites for hydroxylation is 1. The van der Waals surface area contributed by atoms with Crippen LogP contribution in [0.5, 0.6) is 5.75 Å². The molecule has 0 bridgehead atoms. The van der Waals surface area contributed by atoms with E-state index in [-0.39, 0.29) is 12.1 Å². The number of methoxy groups -OCH3 is 1. The second-order valence-corrected chi connectivity index (χ2v) is 10.2. The van der Waals surface area contributed by atoms with Gasteiger partial charge in [0.05, 0.1) is 29.9 Å². The van der Waals surface area contributed by atoms with E-state index < -0.39 is 0 Å². The normalized spacial score (nSPS) is 17.5. The summed E-state index contributed by atoms with van der Waals surface area (Å²) < 4.78 is 8.68. The number of hydrogen-bond acceptors (Lipinski definition) is 3. The van der Waals surface area contributed by atoms with Gasteiger partial charge in [-0.05, 0) is 86.2 Å². The molecule has 8 heteroatoms. The number of nitrogens with zero attached hydrogens (tertiary/aromatic N) is 3. The largest absolute Gasteiger partial charge is 0.495 e. The third kappa shape index (κ3) is 4.33. The van der Waals surface area contributed by atoms with Crippen molar-refractivity contribution in [2.75, 3.05) is 12.0 Å². The fraction of sp³-hybridized carbons (Fsp3) is 0.185. The van der Waals surface area contributed by atoms with E-state index in [1.165, 1.54) is 0 Å². The molecule has 178 valence electrons. The van der Waals surface area contributed by atoms with Crippen molar-refractivity contribution in [1.82, 2.24) is 14.9 Å². The molecule has 0 unspecified atom stereocenters. The lowest BCUT2D eigenvalue weighted by Crippen LogP contribution is -2.29. The Hall–Kier alpha value is -2.87. The molecule has 1 aliphatic rings. The predicted octanol–water partition coefficient (Wildman–Crippen LogP) is 7.09. The third-order valence-electron chi connectivity index (χ3n) is 6.37. The Morgan fingerprint density at radius 3 is 2.54 bits per heavy atom. The van der Waals surface area contributed by atoms with Gasteiger partial charge >= 0.3 is 0 Å². The van der Waals surface area contributed by atoms with Gasteiger partial charge in [-0.15, -0.1) is 0 Å². The summed E-state index contributed by atoms with van der Waals surface area (Å²) in [5.74, 6) is 0.624. The maximum absolute atomic E-state index is 6.52. The van der Waals surface area contributed by atoms with E-state index in [9.17, 15) is 0 Å². The van der Waals surface area contributed by atoms with Crippen LogP contribution in [0, 0.1) is 13.8 Å². The molecule has 0 aliphatic carbocycles. The molecule has 2 aromatic carbocycles. The second kappa shape index (κ2) is 9.64. The number of nitrogens with one attached hydrogen (secondary N) is 1. The topological polar surface area (TPSA) is 42.3 Å². The van der Waals surface area contributed by atoms with Gasteiger partial charge in [0.2, 0.25) is 0 Å². The van der Waals surface area contributed by atoms with Crippen molar-refractivity contribution in [3.8, 4) is 11.4 Å². The van der Waals surface area contributed by atoms with Gasteiger partial charge in [-0.2, -0.15) is 0 Å². The van der Waals surface area contributed by atoms with E-state index >= 15 is 0 Å². The van der Waals surface area contributed by atoms with E-state index in [0.29, 0.717) is 15.9 Å². The first-order valence-corrected chi connectivity index (χ1v) is 12.8. The molecule has 5 nitrogen and oxygen atoms in total. The van der Waals surface area contributed by atoms with Crippen molar-refractivity contribution in [3.05, 3.63) is 105 Å². The quantitative estimate of drug-likeness (QED) is 0.261. The Bertz CT molecular complexity index is 1410. The van der Waals surface area contributed by atoms with Gasteiger partial charge in [-0.3, -0.25) is 4.98 Å². The van der Waals surface area contributed by atoms with Crippen LogP contribution in [-0.4, -0.2) is 21.8 Å². The minimum Gasteiger partial charge on any atom is -0.495 e. The Morgan fingerprint density at radius 1 is 1.03 bits per heavy atom. The van der Waals surface area contributed by atoms with Gasteiger partial charge in [0.15, 0.2) is 5.11 Å². The monoisotopic (exact) mass is 566 g/mol. The molecule has 3 heterocycles. The summed E-state index contributed by atoms with van der Waals surface area (Å²) >= 11 is 16.0. The molecule has 0 spiro atoms. The van der Waals surface area contributed by atoms with Crippen LogP contribution in [0.15, 0.2) is 77.4 Å². The molecule has 1 N–H and O–H groups in total. The zero-order valence-corrected chi connectivity index (χ0v) is 22.7. The van der Waals surface area contributed by atoms with Gasteiger partial charge in [-0.25, -0.2) is 0 Å². The first-order chi connectivity index (χ1) is 16.9. The Balaban J connectivity index is 1.68. The maximum Gasteiger partial charge on any atom is 0.174 e. The minimum atomic E-state index is -0.138. The van der Waals surface area contributed by atoms with Crippen LogP contribution in [0.1, 0.15) is 34.7 Å². The predicted molar refractivity (Wildman–Crippen MR) is 149 cm³/mol. The average molecular weight is 568 g/mol. The summed E-state index contributed by atoms with van der Waals surface area (Å²) in [7, 11) is 1.61. The molecule has 2 aromatic heterocycles. The van der Waals surface area contributed by atoms with Gasteiger partial charge < -0.3 is 19.5 Å². The van der Waals surface area contributed by atoms with E-state index in [1.54, 1.807) is 7.11 Å². The average Bonchev–Trinajstić information content (AvgIpc) is 3.34. The highest BCUT2D eigenvalue weighted by Crippen LogP contribution is 2.45. The SMILES string of the molecule is COc1ccc(N2C(=S)N[C@H](c3ccccn3)[C@H]2c2cc(C)n(-c3cccc(Br)c3)c2C)cc1Cl. The van der Waals surface area contributed by atoms with Gasteiger partial charge in [0.1, 0.15) is 5.75 Å². The highest BCUT2D eigenvalue weighted by molar-refractivity contribution is 9.10. The molecule has 1 aliphatic heterocycles. The first kappa shape index (κ1) is 23.9. The number of ether oxygens (including phenoxy) is 1. The summed E-state index contributed by atoms with van der Waals surface area (Å²) in [6, 6.07) is 22.0. The van der Waals surface area contributed by atoms with Crippen LogP contribution in [-0.2, 0) is 0 Å². The molecule has 4 aromatic rings. The molecule has 35 heavy (non-hydrogen) atoms. The number of anilines is 1. The van der Waals surface area contributed by atoms with Crippen LogP contribution in [0.4, 0.5) is 5.69 Å². The number of rotatable bonds is 5. The third-order valence-corrected chi connectivity index (χ3v) is 7.47. The standard InChI is InChI=1S/C27H24BrClN4OS/c1-16-13-21(17(2)32(16)19-8-6-7-18(28)14-19)26-25(23-9-4-5-12-30-23)31-27(35)33(26)20-10-11-24(34-3)22(29)15-20/h4-15,25-26H,1-3H3,(H,31,35)/t25-,26-/m1/s1. The van der Waals surface area contributed by atoms with E-state index in [1.807, 2.05) is 54.7 Å². The van der Waals surface area contributed by atoms with Crippen LogP contribution in [0.2, 0.25) is 5.02 Å². The fourth-order valence-corrected chi connectivity index (χ4v) is 5.84. The Morgan fingerprint density at radius 2 is 1.86 bits per heavy atom. The van der Waals surface area contributed by atoms with Gasteiger partial charge in [0.25, 0.3) is 0 Å². The highest BCUT2D eigenvalue weighted by atomic mass is 79.9. The summed E-state index contributed by atoms with van der Waals surface area (Å²) in [6.45, 7) is 4.28. The lowest BCUT2D eigenvalue weighted by atomic mass is 9.96. The Kier molecular flexibility index (Phi) is 6.57. The number of benzene rings is 2. The summed E-state index contributed by atoms with van der Waals surface area (Å²) in [6.07, 6.45) is 1.81. The van der Waals surface area contributed by atoms with Crippen molar-refractivity contribution in [3.63, 3.8) is 0 Å². The summed E-state index contributed by atoms with van der Waals surface area (Å²) in [4.78, 5) is 6.80. The molecule has 5 rings (SSSR count). The fourth-order valence-electron chi connectivity index (χ4n) is 4.85. The van der Waals surface area contributed by atoms with E-state index in [0.717, 1.165) is 38.5 Å². The zero-order valence-electron chi connectivity index (χ0n) is 19.5. The zero-order chi connectivity index (χ0) is 24.7. The molecule has 1 saturated heterocycles. The maximum atomic E-state index is 6.52. The number of pyridine rings is 1. The van der Waals surface area contributed by atoms with Crippen LogP contribution >= 0.6 is 39.7 Å². The van der Waals surface area contributed by atoms with Crippen LogP contribution in [0.25, 0.3) is 5.69 Å². The molecule has 1 fully saturated rings. The molecule has 0 amide bonds. The molecule has 0 radical (unpaired) electrons. The van der Waals surface area contributed by atoms with E-state index in [2.05, 4.69) is 67.7 Å². The van der Waals surface area contributed by atoms with Crippen molar-refractivity contribution in [2.45, 2.75) is 25.9 Å². The number of halogens is 2. The molecule has 2 atom stereocenters. The summed E-state index contributed by atoms with van der Waals surface area (Å²) in [5, 5.41) is 4.68. The van der Waals surface area contributed by atoms with E-state index in [4.69, 9.17) is 28.6 Å². The van der Waals surface area contributed by atoms with Crippen LogP contribution < -0.4 is 15.0 Å². The second-order valence-electron chi connectivity index (χ2n) is 8.46. The summed E-state index contributed by atoms with van der Waals surface area (Å²) in [5.41, 5.74) is 6.36. The van der Waals surface area contributed by atoms with Crippen molar-refractivity contribution in [2.24, 2.45) is 0 Å². The molecular formula is C27H24BrClN4OS. The lowest BCUT2D eigenvalue weighted by molar-refractivity contribution is 0.415. The van der Waals surface area contributed by atoms with Gasteiger partial charge in [-0.1, -0.05) is 39.7 Å². The van der Waals surface area contributed by atoms with Gasteiger partial charge in [0, 0.05) is 33.4 Å². The van der Waals surface area contributed by atoms with Crippen LogP contribution in [0.3, 0.4) is 0 Å². The molecular weight excluding hydrogens is 544 g/mol. The van der Waals surface area contributed by atoms with Crippen molar-refractivity contribution in [1.29, 1.82) is 0 Å².